The lowest BCUT2D eigenvalue weighted by atomic mass is 9.88. The number of carbonyl (C=O) groups is 2. The summed E-state index contributed by atoms with van der Waals surface area (Å²) in [5, 5.41) is 9.14. The second-order valence-electron chi connectivity index (χ2n) is 10.6. The van der Waals surface area contributed by atoms with Crippen molar-refractivity contribution in [2.75, 3.05) is 32.7 Å². The average molecular weight is 535 g/mol. The number of likely N-dealkylation sites (tertiary alicyclic amines) is 2. The zero-order valence-corrected chi connectivity index (χ0v) is 22.3. The molecule has 0 spiro atoms. The van der Waals surface area contributed by atoms with Gasteiger partial charge in [0, 0.05) is 38.6 Å². The highest BCUT2D eigenvalue weighted by Gasteiger charge is 2.42. The first-order chi connectivity index (χ1) is 18.4. The highest BCUT2D eigenvalue weighted by atomic mass is 32.2. The quantitative estimate of drug-likeness (QED) is 0.585. The maximum absolute atomic E-state index is 13.7. The second-order valence-corrected chi connectivity index (χ2v) is 12.5. The Labute approximate surface area is 224 Å². The molecule has 38 heavy (non-hydrogen) atoms. The lowest BCUT2D eigenvalue weighted by Crippen LogP contribution is -2.50. The molecule has 3 fully saturated rings. The molecule has 2 aromatic rings. The zero-order valence-electron chi connectivity index (χ0n) is 21.5. The largest absolute Gasteiger partial charge is 0.342 e. The molecule has 5 rings (SSSR count). The normalized spacial score (nSPS) is 25.2. The predicted molar refractivity (Wildman–Crippen MR) is 142 cm³/mol. The topological polar surface area (TPSA) is 102 Å². The Morgan fingerprint density at radius 1 is 0.737 bits per heavy atom. The number of piperidine rings is 2. The van der Waals surface area contributed by atoms with E-state index in [0.717, 1.165) is 12.0 Å². The van der Waals surface area contributed by atoms with Crippen molar-refractivity contribution in [3.8, 4) is 6.07 Å². The van der Waals surface area contributed by atoms with Crippen LogP contribution in [0, 0.1) is 29.1 Å². The molecule has 1 unspecified atom stereocenters. The molecule has 2 aromatic carbocycles. The fraction of sp³-hybridized carbons (Fsp3) is 0.483. The van der Waals surface area contributed by atoms with Gasteiger partial charge in [0.2, 0.25) is 21.8 Å². The van der Waals surface area contributed by atoms with Gasteiger partial charge in [-0.05, 0) is 49.8 Å². The van der Waals surface area contributed by atoms with Gasteiger partial charge in [-0.25, -0.2) is 8.42 Å². The van der Waals surface area contributed by atoms with Crippen LogP contribution >= 0.6 is 0 Å². The molecule has 2 amide bonds. The molecule has 0 radical (unpaired) electrons. The minimum absolute atomic E-state index is 0.0265. The Morgan fingerprint density at radius 2 is 1.34 bits per heavy atom. The molecule has 3 aliphatic rings. The first kappa shape index (κ1) is 26.4. The van der Waals surface area contributed by atoms with Gasteiger partial charge in [-0.2, -0.15) is 9.57 Å². The lowest BCUT2D eigenvalue weighted by Gasteiger charge is -2.41. The minimum atomic E-state index is -3.80. The van der Waals surface area contributed by atoms with Crippen LogP contribution in [-0.2, 0) is 19.6 Å². The Balaban J connectivity index is 1.27. The van der Waals surface area contributed by atoms with Crippen molar-refractivity contribution in [2.24, 2.45) is 17.8 Å². The molecule has 0 N–H and O–H groups in total. The van der Waals surface area contributed by atoms with Crippen LogP contribution in [0.3, 0.4) is 0 Å². The van der Waals surface area contributed by atoms with Gasteiger partial charge in [0.1, 0.15) is 0 Å². The molecular weight excluding hydrogens is 500 g/mol. The monoisotopic (exact) mass is 534 g/mol. The second kappa shape index (κ2) is 11.3. The summed E-state index contributed by atoms with van der Waals surface area (Å²) in [5.74, 6) is -0.558. The molecule has 0 bridgehead atoms. The van der Waals surface area contributed by atoms with E-state index in [-0.39, 0.29) is 41.1 Å². The minimum Gasteiger partial charge on any atom is -0.342 e. The molecule has 0 aromatic heterocycles. The molecule has 3 atom stereocenters. The third kappa shape index (κ3) is 5.33. The van der Waals surface area contributed by atoms with Gasteiger partial charge in [-0.15, -0.1) is 0 Å². The number of benzene rings is 2. The summed E-state index contributed by atoms with van der Waals surface area (Å²) in [6, 6.07) is 20.0. The van der Waals surface area contributed by atoms with E-state index in [9.17, 15) is 18.0 Å². The van der Waals surface area contributed by atoms with E-state index in [1.54, 1.807) is 35.2 Å². The Bertz CT molecular complexity index is 1290. The SMILES string of the molecule is N#CC1CCN(C(=O)C2CCN(C(=O)[C@@H]3CC[C@H](c4ccccc4)N(S(=O)(=O)c4ccccc4)C3)CC2)C1. The van der Waals surface area contributed by atoms with Crippen molar-refractivity contribution >= 4 is 21.8 Å². The number of sulfonamides is 1. The fourth-order valence-corrected chi connectivity index (χ4v) is 7.78. The van der Waals surface area contributed by atoms with Gasteiger partial charge < -0.3 is 9.80 Å². The van der Waals surface area contributed by atoms with Crippen LogP contribution in [0.2, 0.25) is 0 Å². The third-order valence-electron chi connectivity index (χ3n) is 8.26. The number of hydrogen-bond acceptors (Lipinski definition) is 5. The molecule has 200 valence electrons. The van der Waals surface area contributed by atoms with Gasteiger partial charge >= 0.3 is 0 Å². The third-order valence-corrected chi connectivity index (χ3v) is 10.1. The van der Waals surface area contributed by atoms with Crippen LogP contribution in [0.5, 0.6) is 0 Å². The van der Waals surface area contributed by atoms with E-state index in [1.807, 2.05) is 35.2 Å². The summed E-state index contributed by atoms with van der Waals surface area (Å²) < 4.78 is 29.0. The smallest absolute Gasteiger partial charge is 0.243 e. The predicted octanol–water partition coefficient (Wildman–Crippen LogP) is 3.44. The van der Waals surface area contributed by atoms with Gasteiger partial charge in [0.15, 0.2) is 0 Å². The Kier molecular flexibility index (Phi) is 7.82. The summed E-state index contributed by atoms with van der Waals surface area (Å²) in [6.07, 6.45) is 3.11. The van der Waals surface area contributed by atoms with Gasteiger partial charge in [0.05, 0.1) is 28.8 Å². The first-order valence-corrected chi connectivity index (χ1v) is 14.9. The van der Waals surface area contributed by atoms with Crippen molar-refractivity contribution in [2.45, 2.75) is 43.0 Å². The van der Waals surface area contributed by atoms with Crippen molar-refractivity contribution in [3.05, 3.63) is 66.2 Å². The van der Waals surface area contributed by atoms with Crippen molar-refractivity contribution in [3.63, 3.8) is 0 Å². The van der Waals surface area contributed by atoms with Gasteiger partial charge in [0.25, 0.3) is 0 Å². The molecule has 3 aliphatic heterocycles. The van der Waals surface area contributed by atoms with Crippen LogP contribution in [0.4, 0.5) is 0 Å². The first-order valence-electron chi connectivity index (χ1n) is 13.5. The Morgan fingerprint density at radius 3 is 1.97 bits per heavy atom. The molecule has 0 aliphatic carbocycles. The number of hydrogen-bond donors (Lipinski definition) is 0. The van der Waals surface area contributed by atoms with Crippen molar-refractivity contribution in [1.82, 2.24) is 14.1 Å². The van der Waals surface area contributed by atoms with Crippen LogP contribution in [0.1, 0.15) is 43.7 Å². The zero-order chi connectivity index (χ0) is 26.7. The number of amides is 2. The van der Waals surface area contributed by atoms with E-state index >= 15 is 0 Å². The highest BCUT2D eigenvalue weighted by molar-refractivity contribution is 7.89. The number of nitrogens with zero attached hydrogens (tertiary/aromatic N) is 4. The van der Waals surface area contributed by atoms with Gasteiger partial charge in [-0.3, -0.25) is 9.59 Å². The summed E-state index contributed by atoms with van der Waals surface area (Å²) in [6.45, 7) is 2.26. The molecule has 3 heterocycles. The molecule has 0 saturated carbocycles. The van der Waals surface area contributed by atoms with E-state index in [4.69, 9.17) is 5.26 Å². The van der Waals surface area contributed by atoms with Crippen LogP contribution < -0.4 is 0 Å². The number of carbonyl (C=O) groups excluding carboxylic acids is 2. The molecular formula is C29H34N4O4S. The van der Waals surface area contributed by atoms with Gasteiger partial charge in [-0.1, -0.05) is 48.5 Å². The average Bonchev–Trinajstić information content (AvgIpc) is 3.47. The van der Waals surface area contributed by atoms with Crippen LogP contribution in [0.25, 0.3) is 0 Å². The standard InChI is InChI=1S/C29H34N4O4S/c30-19-22-13-16-32(20-22)28(34)24-14-17-31(18-15-24)29(35)25-11-12-27(23-7-3-1-4-8-23)33(21-25)38(36,37)26-9-5-2-6-10-26/h1-10,22,24-25,27H,11-18,20-21H2/t22?,25-,27-/m1/s1. The maximum Gasteiger partial charge on any atom is 0.243 e. The molecule has 8 nitrogen and oxygen atoms in total. The fourth-order valence-electron chi connectivity index (χ4n) is 6.07. The van der Waals surface area contributed by atoms with Crippen LogP contribution in [-0.4, -0.2) is 67.1 Å². The number of nitriles is 1. The molecule has 3 saturated heterocycles. The van der Waals surface area contributed by atoms with Crippen molar-refractivity contribution in [1.29, 1.82) is 5.26 Å². The van der Waals surface area contributed by atoms with Crippen LogP contribution in [0.15, 0.2) is 65.6 Å². The summed E-state index contributed by atoms with van der Waals surface area (Å²) >= 11 is 0. The Hall–Kier alpha value is -3.22. The molecule has 9 heteroatoms. The van der Waals surface area contributed by atoms with Crippen molar-refractivity contribution < 1.29 is 18.0 Å². The summed E-state index contributed by atoms with van der Waals surface area (Å²) in [4.78, 5) is 30.4. The summed E-state index contributed by atoms with van der Waals surface area (Å²) in [7, 11) is -3.80. The maximum atomic E-state index is 13.7. The lowest BCUT2D eigenvalue weighted by molar-refractivity contribution is -0.143. The van der Waals surface area contributed by atoms with E-state index in [1.165, 1.54) is 4.31 Å². The summed E-state index contributed by atoms with van der Waals surface area (Å²) in [5.41, 5.74) is 0.929. The van der Waals surface area contributed by atoms with E-state index < -0.39 is 15.9 Å². The number of rotatable bonds is 5. The highest BCUT2D eigenvalue weighted by Crippen LogP contribution is 2.38. The van der Waals surface area contributed by atoms with E-state index in [0.29, 0.717) is 51.9 Å². The van der Waals surface area contributed by atoms with E-state index in [2.05, 4.69) is 6.07 Å².